The fraction of sp³-hybridized carbons (Fsp3) is 0.467. The molecule has 1 atom stereocenters. The van der Waals surface area contributed by atoms with Crippen LogP contribution in [0.4, 0.5) is 0 Å². The molecule has 1 unspecified atom stereocenters. The summed E-state index contributed by atoms with van der Waals surface area (Å²) in [7, 11) is -0.461. The largest absolute Gasteiger partial charge is 0.423 e. The lowest BCUT2D eigenvalue weighted by Crippen LogP contribution is -2.13. The third-order valence-electron chi connectivity index (χ3n) is 2.73. The lowest BCUT2D eigenvalue weighted by Gasteiger charge is -2.11. The van der Waals surface area contributed by atoms with Gasteiger partial charge in [0.15, 0.2) is 9.76 Å². The fourth-order valence-electron chi connectivity index (χ4n) is 1.72. The predicted molar refractivity (Wildman–Crippen MR) is 80.7 cm³/mol. The Morgan fingerprint density at radius 1 is 1.44 bits per heavy atom. The van der Waals surface area contributed by atoms with Gasteiger partial charge in [0.2, 0.25) is 0 Å². The molecule has 0 radical (unpaired) electrons. The number of ether oxygens (including phenoxy) is 1. The van der Waals surface area contributed by atoms with Gasteiger partial charge in [-0.25, -0.2) is 0 Å². The Labute approximate surface area is 113 Å². The average Bonchev–Trinajstić information content (AvgIpc) is 2.41. The molecular formula is C15H24O2Si. The summed E-state index contributed by atoms with van der Waals surface area (Å²) in [6, 6.07) is 8.45. The van der Waals surface area contributed by atoms with Gasteiger partial charge in [-0.3, -0.25) is 0 Å². The molecule has 0 saturated carbocycles. The van der Waals surface area contributed by atoms with Crippen molar-refractivity contribution >= 4 is 15.8 Å². The zero-order valence-electron chi connectivity index (χ0n) is 11.5. The second-order valence-corrected chi connectivity index (χ2v) is 6.67. The van der Waals surface area contributed by atoms with Crippen LogP contribution in [0.5, 0.6) is 0 Å². The second kappa shape index (κ2) is 9.08. The van der Waals surface area contributed by atoms with Crippen molar-refractivity contribution in [2.75, 3.05) is 19.8 Å². The van der Waals surface area contributed by atoms with E-state index >= 15 is 0 Å². The van der Waals surface area contributed by atoms with E-state index in [1.807, 2.05) is 13.0 Å². The minimum atomic E-state index is -0.461. The van der Waals surface area contributed by atoms with E-state index in [0.29, 0.717) is 5.54 Å². The van der Waals surface area contributed by atoms with E-state index in [9.17, 15) is 0 Å². The fourth-order valence-corrected chi connectivity index (χ4v) is 2.69. The summed E-state index contributed by atoms with van der Waals surface area (Å²) in [5, 5.41) is 0. The molecule has 0 fully saturated rings. The Bertz CT molecular complexity index is 352. The van der Waals surface area contributed by atoms with Gasteiger partial charge in [-0.2, -0.15) is 0 Å². The topological polar surface area (TPSA) is 18.5 Å². The Kier molecular flexibility index (Phi) is 7.65. The van der Waals surface area contributed by atoms with Crippen molar-refractivity contribution < 1.29 is 9.16 Å². The molecule has 100 valence electrons. The standard InChI is InChI=1S/C15H24O2Si/c1-4-14-7-6-8-15(11-14)9-10-17-18-13(3)12-16-5-2/h4,6-8,11,13H,1,5,9-10,12,18H2,2-3H3. The van der Waals surface area contributed by atoms with Gasteiger partial charge in [-0.1, -0.05) is 43.8 Å². The van der Waals surface area contributed by atoms with Gasteiger partial charge < -0.3 is 9.16 Å². The van der Waals surface area contributed by atoms with Gasteiger partial charge in [0.25, 0.3) is 0 Å². The normalized spacial score (nSPS) is 13.0. The summed E-state index contributed by atoms with van der Waals surface area (Å²) in [5.74, 6) is 0. The third kappa shape index (κ3) is 6.14. The van der Waals surface area contributed by atoms with E-state index in [4.69, 9.17) is 9.16 Å². The highest BCUT2D eigenvalue weighted by Gasteiger charge is 2.03. The Balaban J connectivity index is 2.19. The molecule has 0 aliphatic heterocycles. The summed E-state index contributed by atoms with van der Waals surface area (Å²) >= 11 is 0. The molecule has 1 aromatic carbocycles. The van der Waals surface area contributed by atoms with Crippen LogP contribution < -0.4 is 0 Å². The van der Waals surface area contributed by atoms with Crippen LogP contribution in [0.3, 0.4) is 0 Å². The van der Waals surface area contributed by atoms with E-state index in [-0.39, 0.29) is 0 Å². The van der Waals surface area contributed by atoms with Crippen LogP contribution in [0, 0.1) is 0 Å². The first-order valence-electron chi connectivity index (χ1n) is 6.63. The van der Waals surface area contributed by atoms with Crippen molar-refractivity contribution in [1.82, 2.24) is 0 Å². The van der Waals surface area contributed by atoms with Gasteiger partial charge in [-0.15, -0.1) is 0 Å². The first-order valence-corrected chi connectivity index (χ1v) is 8.02. The Morgan fingerprint density at radius 3 is 3.00 bits per heavy atom. The van der Waals surface area contributed by atoms with Gasteiger partial charge in [0, 0.05) is 19.8 Å². The first-order chi connectivity index (χ1) is 8.76. The van der Waals surface area contributed by atoms with Crippen molar-refractivity contribution in [3.05, 3.63) is 42.0 Å². The highest BCUT2D eigenvalue weighted by atomic mass is 28.2. The first kappa shape index (κ1) is 15.2. The molecule has 0 bridgehead atoms. The highest BCUT2D eigenvalue weighted by Crippen LogP contribution is 2.08. The smallest absolute Gasteiger partial charge is 0.166 e. The maximum atomic E-state index is 5.80. The third-order valence-corrected chi connectivity index (χ3v) is 4.06. The molecular weight excluding hydrogens is 240 g/mol. The number of benzene rings is 1. The molecule has 0 aliphatic carbocycles. The molecule has 0 aliphatic rings. The number of rotatable bonds is 9. The predicted octanol–water partition coefficient (Wildman–Crippen LogP) is 2.82. The van der Waals surface area contributed by atoms with Crippen molar-refractivity contribution in [2.45, 2.75) is 25.8 Å². The van der Waals surface area contributed by atoms with E-state index in [1.54, 1.807) is 0 Å². The van der Waals surface area contributed by atoms with Crippen LogP contribution in [-0.4, -0.2) is 29.6 Å². The molecule has 0 amide bonds. The van der Waals surface area contributed by atoms with E-state index in [1.165, 1.54) is 11.1 Å². The van der Waals surface area contributed by atoms with Crippen molar-refractivity contribution in [2.24, 2.45) is 0 Å². The monoisotopic (exact) mass is 264 g/mol. The van der Waals surface area contributed by atoms with Crippen LogP contribution in [0.1, 0.15) is 25.0 Å². The summed E-state index contributed by atoms with van der Waals surface area (Å²) < 4.78 is 11.2. The molecule has 0 heterocycles. The lowest BCUT2D eigenvalue weighted by atomic mass is 10.1. The lowest BCUT2D eigenvalue weighted by molar-refractivity contribution is 0.144. The molecule has 0 saturated heterocycles. The zero-order valence-corrected chi connectivity index (χ0v) is 12.9. The Morgan fingerprint density at radius 2 is 2.28 bits per heavy atom. The van der Waals surface area contributed by atoms with Gasteiger partial charge >= 0.3 is 0 Å². The van der Waals surface area contributed by atoms with Crippen LogP contribution in [0.2, 0.25) is 5.54 Å². The summed E-state index contributed by atoms with van der Waals surface area (Å²) in [6.45, 7) is 10.5. The molecule has 1 aromatic rings. The summed E-state index contributed by atoms with van der Waals surface area (Å²) in [5.41, 5.74) is 3.10. The maximum absolute atomic E-state index is 5.80. The highest BCUT2D eigenvalue weighted by molar-refractivity contribution is 6.29. The van der Waals surface area contributed by atoms with Gasteiger partial charge in [-0.05, 0) is 30.0 Å². The van der Waals surface area contributed by atoms with Gasteiger partial charge in [0.05, 0.1) is 0 Å². The zero-order chi connectivity index (χ0) is 13.2. The van der Waals surface area contributed by atoms with Crippen LogP contribution in [0.25, 0.3) is 6.08 Å². The van der Waals surface area contributed by atoms with Crippen LogP contribution >= 0.6 is 0 Å². The van der Waals surface area contributed by atoms with E-state index in [2.05, 4.69) is 37.8 Å². The molecule has 0 spiro atoms. The Hall–Kier alpha value is -0.903. The van der Waals surface area contributed by atoms with Crippen LogP contribution in [0.15, 0.2) is 30.8 Å². The SMILES string of the molecule is C=Cc1cccc(CCO[SiH2]C(C)COCC)c1. The van der Waals surface area contributed by atoms with Crippen LogP contribution in [-0.2, 0) is 15.6 Å². The summed E-state index contributed by atoms with van der Waals surface area (Å²) in [4.78, 5) is 0. The molecule has 3 heteroatoms. The van der Waals surface area contributed by atoms with E-state index < -0.39 is 9.76 Å². The van der Waals surface area contributed by atoms with Crippen molar-refractivity contribution in [1.29, 1.82) is 0 Å². The molecule has 0 aromatic heterocycles. The van der Waals surface area contributed by atoms with E-state index in [0.717, 1.165) is 26.2 Å². The molecule has 2 nitrogen and oxygen atoms in total. The quantitative estimate of drug-likeness (QED) is 0.504. The van der Waals surface area contributed by atoms with Crippen molar-refractivity contribution in [3.8, 4) is 0 Å². The average molecular weight is 264 g/mol. The molecule has 18 heavy (non-hydrogen) atoms. The molecule has 0 N–H and O–H groups in total. The number of hydrogen-bond acceptors (Lipinski definition) is 2. The summed E-state index contributed by atoms with van der Waals surface area (Å²) in [6.07, 6.45) is 2.86. The molecule has 1 rings (SSSR count). The minimum Gasteiger partial charge on any atom is -0.423 e. The maximum Gasteiger partial charge on any atom is 0.166 e. The second-order valence-electron chi connectivity index (χ2n) is 4.54. The number of hydrogen-bond donors (Lipinski definition) is 0. The van der Waals surface area contributed by atoms with Gasteiger partial charge in [0.1, 0.15) is 0 Å². The minimum absolute atomic E-state index is 0.461. The van der Waals surface area contributed by atoms with Crippen molar-refractivity contribution in [3.63, 3.8) is 0 Å².